The molecule has 0 fully saturated rings. The van der Waals surface area contributed by atoms with Crippen molar-refractivity contribution in [2.24, 2.45) is 5.73 Å². The third-order valence-electron chi connectivity index (χ3n) is 7.16. The molecule has 5 N–H and O–H groups in total. The zero-order valence-electron chi connectivity index (χ0n) is 23.3. The Labute approximate surface area is 235 Å². The minimum absolute atomic E-state index is 0.156. The van der Waals surface area contributed by atoms with E-state index in [4.69, 9.17) is 5.73 Å². The van der Waals surface area contributed by atoms with Crippen molar-refractivity contribution in [3.63, 3.8) is 0 Å². The van der Waals surface area contributed by atoms with Gasteiger partial charge >= 0.3 is 0 Å². The van der Waals surface area contributed by atoms with Crippen molar-refractivity contribution in [2.75, 3.05) is 11.4 Å². The number of hydrogen-bond donors (Lipinski definition) is 4. The first-order chi connectivity index (χ1) is 19.0. The van der Waals surface area contributed by atoms with Gasteiger partial charge in [0, 0.05) is 29.8 Å². The number of rotatable bonds is 10. The number of amides is 3. The van der Waals surface area contributed by atoms with Gasteiger partial charge < -0.3 is 26.4 Å². The first-order valence-electron chi connectivity index (χ1n) is 13.6. The summed E-state index contributed by atoms with van der Waals surface area (Å²) in [7, 11) is 0. The Morgan fingerprint density at radius 3 is 2.42 bits per heavy atom. The Morgan fingerprint density at radius 1 is 1.05 bits per heavy atom. The number of anilines is 1. The normalized spacial score (nSPS) is 16.1. The van der Waals surface area contributed by atoms with Gasteiger partial charge in [-0.1, -0.05) is 60.7 Å². The average molecular weight is 543 g/mol. The number of nitrogens with one attached hydrogen (secondary N) is 2. The molecule has 3 aromatic rings. The number of nitrogens with two attached hydrogens (primary N) is 1. The van der Waals surface area contributed by atoms with Crippen LogP contribution < -0.4 is 21.3 Å². The third-order valence-corrected chi connectivity index (χ3v) is 7.16. The van der Waals surface area contributed by atoms with Gasteiger partial charge in [-0.25, -0.2) is 0 Å². The van der Waals surface area contributed by atoms with Crippen LogP contribution in [0.25, 0.3) is 11.1 Å². The number of fused-ring (bicyclic) bond motifs is 1. The van der Waals surface area contributed by atoms with Crippen LogP contribution in [0.15, 0.2) is 72.8 Å². The second-order valence-electron chi connectivity index (χ2n) is 11.1. The highest BCUT2D eigenvalue weighted by molar-refractivity contribution is 6.01. The van der Waals surface area contributed by atoms with E-state index in [0.717, 1.165) is 27.9 Å². The Kier molecular flexibility index (Phi) is 9.02. The van der Waals surface area contributed by atoms with Crippen molar-refractivity contribution in [1.82, 2.24) is 10.6 Å². The number of aryl methyl sites for hydroxylation is 1. The van der Waals surface area contributed by atoms with Crippen LogP contribution >= 0.6 is 0 Å². The number of hydrogen-bond acceptors (Lipinski definition) is 5. The molecule has 0 spiro atoms. The fourth-order valence-electron chi connectivity index (χ4n) is 5.07. The maximum absolute atomic E-state index is 13.8. The number of aliphatic hydroxyl groups excluding tert-OH is 1. The van der Waals surface area contributed by atoms with Crippen LogP contribution in [-0.4, -0.2) is 47.1 Å². The number of aliphatic hydroxyl groups is 1. The van der Waals surface area contributed by atoms with Gasteiger partial charge in [0.1, 0.15) is 6.04 Å². The van der Waals surface area contributed by atoms with Crippen LogP contribution in [0.3, 0.4) is 0 Å². The lowest BCUT2D eigenvalue weighted by molar-refractivity contribution is -0.128. The van der Waals surface area contributed by atoms with Gasteiger partial charge in [0.05, 0.1) is 12.6 Å². The number of nitrogens with zero attached hydrogens (tertiary/aromatic N) is 1. The smallest absolute Gasteiger partial charge is 0.249 e. The molecular weight excluding hydrogens is 504 g/mol. The molecule has 3 amide bonds. The minimum atomic E-state index is -0.658. The van der Waals surface area contributed by atoms with E-state index in [1.54, 1.807) is 24.0 Å². The first-order valence-corrected chi connectivity index (χ1v) is 13.6. The average Bonchev–Trinajstić information content (AvgIpc) is 3.04. The molecule has 0 aromatic heterocycles. The Bertz CT molecular complexity index is 1370. The molecule has 0 aliphatic carbocycles. The van der Waals surface area contributed by atoms with Crippen LogP contribution in [0.2, 0.25) is 0 Å². The summed E-state index contributed by atoms with van der Waals surface area (Å²) in [5, 5.41) is 15.8. The standard InChI is InChI=1S/C32H38N4O4/c1-21(37)19-34-32(2,3)18-29(38)35-27-17-16-24-8-4-7-11-28(24)36(31(27)40)20-22-12-14-23(15-13-22)25-9-5-6-10-26(25)30(33)39/h4-15,21,27,34,37H,16-20H2,1-3H3,(H2,33,39)(H,35,38)/t21-,27-/m1/s1. The van der Waals surface area contributed by atoms with E-state index in [-0.39, 0.29) is 18.2 Å². The van der Waals surface area contributed by atoms with E-state index < -0.39 is 23.6 Å². The molecule has 40 heavy (non-hydrogen) atoms. The number of para-hydroxylation sites is 1. The molecule has 0 bridgehead atoms. The van der Waals surface area contributed by atoms with E-state index in [9.17, 15) is 19.5 Å². The van der Waals surface area contributed by atoms with E-state index in [2.05, 4.69) is 10.6 Å². The number of carbonyl (C=O) groups excluding carboxylic acids is 3. The number of benzene rings is 3. The van der Waals surface area contributed by atoms with Gasteiger partial charge in [0.25, 0.3) is 0 Å². The van der Waals surface area contributed by atoms with E-state index in [1.165, 1.54) is 0 Å². The molecule has 1 heterocycles. The second-order valence-corrected chi connectivity index (χ2v) is 11.1. The first kappa shape index (κ1) is 29.0. The van der Waals surface area contributed by atoms with Crippen molar-refractivity contribution in [2.45, 2.75) is 64.3 Å². The van der Waals surface area contributed by atoms with Crippen molar-refractivity contribution < 1.29 is 19.5 Å². The summed E-state index contributed by atoms with van der Waals surface area (Å²) in [6, 6.07) is 22.1. The number of β-amino-alcohol motifs (C(OH)–C–C–N with tert-alkyl or cyclic N) is 1. The maximum Gasteiger partial charge on any atom is 0.249 e. The van der Waals surface area contributed by atoms with Crippen LogP contribution in [0.5, 0.6) is 0 Å². The lowest BCUT2D eigenvalue weighted by atomic mass is 9.98. The predicted octanol–water partition coefficient (Wildman–Crippen LogP) is 3.56. The molecule has 1 aliphatic heterocycles. The van der Waals surface area contributed by atoms with Crippen molar-refractivity contribution >= 4 is 23.4 Å². The maximum atomic E-state index is 13.8. The molecule has 0 radical (unpaired) electrons. The highest BCUT2D eigenvalue weighted by Gasteiger charge is 2.32. The Balaban J connectivity index is 1.53. The third kappa shape index (κ3) is 7.14. The van der Waals surface area contributed by atoms with Crippen LogP contribution in [0.4, 0.5) is 5.69 Å². The van der Waals surface area contributed by atoms with Gasteiger partial charge in [-0.3, -0.25) is 14.4 Å². The Morgan fingerprint density at radius 2 is 1.73 bits per heavy atom. The zero-order chi connectivity index (χ0) is 28.9. The highest BCUT2D eigenvalue weighted by atomic mass is 16.3. The second kappa shape index (κ2) is 12.4. The van der Waals surface area contributed by atoms with Gasteiger partial charge in [-0.05, 0) is 68.0 Å². The molecule has 8 heteroatoms. The molecule has 8 nitrogen and oxygen atoms in total. The van der Waals surface area contributed by atoms with Crippen LogP contribution in [0.1, 0.15) is 55.1 Å². The van der Waals surface area contributed by atoms with Crippen molar-refractivity contribution in [3.8, 4) is 11.1 Å². The highest BCUT2D eigenvalue weighted by Crippen LogP contribution is 2.30. The molecule has 210 valence electrons. The molecule has 4 rings (SSSR count). The summed E-state index contributed by atoms with van der Waals surface area (Å²) in [5.41, 5.74) is 9.90. The van der Waals surface area contributed by atoms with Crippen LogP contribution in [0, 0.1) is 0 Å². The molecule has 0 saturated heterocycles. The summed E-state index contributed by atoms with van der Waals surface area (Å²) < 4.78 is 0. The molecule has 0 unspecified atom stereocenters. The van der Waals surface area contributed by atoms with E-state index in [1.807, 2.05) is 74.5 Å². The summed E-state index contributed by atoms with van der Waals surface area (Å²) in [4.78, 5) is 40.5. The molecular formula is C32H38N4O4. The SMILES string of the molecule is C[C@@H](O)CNC(C)(C)CC(=O)N[C@@H]1CCc2ccccc2N(Cc2ccc(-c3ccccc3C(N)=O)cc2)C1=O. The molecule has 3 aromatic carbocycles. The fourth-order valence-corrected chi connectivity index (χ4v) is 5.07. The van der Waals surface area contributed by atoms with E-state index in [0.29, 0.717) is 31.5 Å². The number of carbonyl (C=O) groups is 3. The lowest BCUT2D eigenvalue weighted by Gasteiger charge is -2.29. The Hall–Kier alpha value is -4.01. The predicted molar refractivity (Wildman–Crippen MR) is 157 cm³/mol. The largest absolute Gasteiger partial charge is 0.392 e. The summed E-state index contributed by atoms with van der Waals surface area (Å²) >= 11 is 0. The van der Waals surface area contributed by atoms with Gasteiger partial charge in [-0.2, -0.15) is 0 Å². The van der Waals surface area contributed by atoms with Crippen LogP contribution in [-0.2, 0) is 22.6 Å². The van der Waals surface area contributed by atoms with Gasteiger partial charge in [0.15, 0.2) is 0 Å². The van der Waals surface area contributed by atoms with Gasteiger partial charge in [-0.15, -0.1) is 0 Å². The molecule has 0 saturated carbocycles. The topological polar surface area (TPSA) is 125 Å². The lowest BCUT2D eigenvalue weighted by Crippen LogP contribution is -2.51. The summed E-state index contributed by atoms with van der Waals surface area (Å²) in [6.45, 7) is 6.20. The molecule has 1 aliphatic rings. The van der Waals surface area contributed by atoms with E-state index >= 15 is 0 Å². The summed E-state index contributed by atoms with van der Waals surface area (Å²) in [6.07, 6.45) is 0.813. The molecule has 2 atom stereocenters. The van der Waals surface area contributed by atoms with Crippen molar-refractivity contribution in [1.29, 1.82) is 0 Å². The number of primary amides is 1. The summed E-state index contributed by atoms with van der Waals surface area (Å²) in [5.74, 6) is -0.859. The quantitative estimate of drug-likeness (QED) is 0.312. The van der Waals surface area contributed by atoms with Gasteiger partial charge in [0.2, 0.25) is 17.7 Å². The monoisotopic (exact) mass is 542 g/mol. The zero-order valence-corrected chi connectivity index (χ0v) is 23.3. The van der Waals surface area contributed by atoms with Crippen molar-refractivity contribution in [3.05, 3.63) is 89.5 Å². The fraction of sp³-hybridized carbons (Fsp3) is 0.344. The minimum Gasteiger partial charge on any atom is -0.392 e.